The van der Waals surface area contributed by atoms with Crippen LogP contribution in [0.1, 0.15) is 67.7 Å². The molecule has 2 nitrogen and oxygen atoms in total. The van der Waals surface area contributed by atoms with Gasteiger partial charge >= 0.3 is 6.18 Å². The van der Waals surface area contributed by atoms with Gasteiger partial charge in [0.15, 0.2) is 6.29 Å². The largest absolute Gasteiger partial charge is 0.422 e. The lowest BCUT2D eigenvalue weighted by molar-refractivity contribution is -0.203. The Labute approximate surface area is 225 Å². The highest BCUT2D eigenvalue weighted by Gasteiger charge is 2.37. The molecule has 0 atom stereocenters. The second kappa shape index (κ2) is 13.2. The average Bonchev–Trinajstić information content (AvgIpc) is 2.89. The van der Waals surface area contributed by atoms with Crippen LogP contribution in [0.4, 0.5) is 26.3 Å². The van der Waals surface area contributed by atoms with Crippen molar-refractivity contribution in [3.8, 4) is 0 Å². The first-order valence-electron chi connectivity index (χ1n) is 13.6. The van der Waals surface area contributed by atoms with Gasteiger partial charge in [-0.25, -0.2) is 13.2 Å². The Bertz CT molecular complexity index is 1220. The summed E-state index contributed by atoms with van der Waals surface area (Å²) in [7, 11) is 0. The van der Waals surface area contributed by atoms with Gasteiger partial charge in [0.25, 0.3) is 0 Å². The van der Waals surface area contributed by atoms with E-state index in [1.807, 2.05) is 12.1 Å². The summed E-state index contributed by atoms with van der Waals surface area (Å²) in [5, 5.41) is 1.13. The van der Waals surface area contributed by atoms with Gasteiger partial charge in [-0.1, -0.05) is 62.9 Å². The second-order valence-corrected chi connectivity index (χ2v) is 10.4. The molecule has 39 heavy (non-hydrogen) atoms. The molecule has 1 aliphatic heterocycles. The number of halogens is 6. The SMILES string of the molecule is CCCCCCC1COC(CCc2ccc3c(F)c(CCc4cc(F)c(C(F)(F)F)c(F)c4)ccc3c2)OC1. The number of ether oxygens (including phenoxy) is 2. The lowest BCUT2D eigenvalue weighted by atomic mass is 9.97. The molecule has 0 saturated carbocycles. The van der Waals surface area contributed by atoms with Crippen LogP contribution in [0.2, 0.25) is 0 Å². The Hall–Kier alpha value is -2.58. The van der Waals surface area contributed by atoms with Crippen molar-refractivity contribution in [3.05, 3.63) is 82.2 Å². The maximum Gasteiger partial charge on any atom is 0.422 e. The number of hydrogen-bond acceptors (Lipinski definition) is 2. The highest BCUT2D eigenvalue weighted by molar-refractivity contribution is 5.84. The van der Waals surface area contributed by atoms with E-state index in [1.165, 1.54) is 25.7 Å². The molecular formula is C31H34F6O2. The van der Waals surface area contributed by atoms with Crippen molar-refractivity contribution in [1.29, 1.82) is 0 Å². The van der Waals surface area contributed by atoms with E-state index in [2.05, 4.69) is 6.92 Å². The molecule has 1 saturated heterocycles. The lowest BCUT2D eigenvalue weighted by Crippen LogP contribution is -2.32. The van der Waals surface area contributed by atoms with Crippen molar-refractivity contribution in [2.24, 2.45) is 5.92 Å². The zero-order valence-corrected chi connectivity index (χ0v) is 22.1. The van der Waals surface area contributed by atoms with E-state index in [9.17, 15) is 22.0 Å². The summed E-state index contributed by atoms with van der Waals surface area (Å²) in [5.41, 5.74) is -0.533. The first-order valence-corrected chi connectivity index (χ1v) is 13.6. The van der Waals surface area contributed by atoms with Crippen LogP contribution < -0.4 is 0 Å². The van der Waals surface area contributed by atoms with Crippen molar-refractivity contribution in [1.82, 2.24) is 0 Å². The van der Waals surface area contributed by atoms with Crippen LogP contribution >= 0.6 is 0 Å². The number of alkyl halides is 3. The van der Waals surface area contributed by atoms with Crippen LogP contribution in [0.3, 0.4) is 0 Å². The Morgan fingerprint density at radius 2 is 1.49 bits per heavy atom. The Morgan fingerprint density at radius 1 is 0.769 bits per heavy atom. The predicted octanol–water partition coefficient (Wildman–Crippen LogP) is 8.95. The highest BCUT2D eigenvalue weighted by atomic mass is 19.4. The van der Waals surface area contributed by atoms with Crippen molar-refractivity contribution >= 4 is 10.8 Å². The normalized spacial score (nSPS) is 18.1. The van der Waals surface area contributed by atoms with E-state index in [0.29, 0.717) is 48.6 Å². The molecule has 1 fully saturated rings. The average molecular weight is 553 g/mol. The number of rotatable bonds is 11. The molecule has 0 spiro atoms. The minimum Gasteiger partial charge on any atom is -0.352 e. The summed E-state index contributed by atoms with van der Waals surface area (Å²) in [6.07, 6.45) is 2.20. The molecular weight excluding hydrogens is 518 g/mol. The first-order chi connectivity index (χ1) is 18.7. The number of benzene rings is 3. The molecule has 8 heteroatoms. The molecule has 3 aromatic carbocycles. The van der Waals surface area contributed by atoms with E-state index in [1.54, 1.807) is 18.2 Å². The summed E-state index contributed by atoms with van der Waals surface area (Å²) >= 11 is 0. The Balaban J connectivity index is 1.32. The van der Waals surface area contributed by atoms with Crippen molar-refractivity contribution in [2.75, 3.05) is 13.2 Å². The number of fused-ring (bicyclic) bond motifs is 1. The zero-order valence-electron chi connectivity index (χ0n) is 22.1. The summed E-state index contributed by atoms with van der Waals surface area (Å²) in [5.74, 6) is -3.34. The molecule has 0 bridgehead atoms. The maximum atomic E-state index is 15.2. The molecule has 0 N–H and O–H groups in total. The third-order valence-corrected chi connectivity index (χ3v) is 7.34. The van der Waals surface area contributed by atoms with Gasteiger partial charge in [0.2, 0.25) is 0 Å². The Morgan fingerprint density at radius 3 is 2.15 bits per heavy atom. The minimum absolute atomic E-state index is 0.00648. The topological polar surface area (TPSA) is 18.5 Å². The van der Waals surface area contributed by atoms with Crippen LogP contribution in [-0.4, -0.2) is 19.5 Å². The monoisotopic (exact) mass is 552 g/mol. The van der Waals surface area contributed by atoms with Crippen molar-refractivity contribution in [3.63, 3.8) is 0 Å². The van der Waals surface area contributed by atoms with E-state index in [0.717, 1.165) is 23.8 Å². The van der Waals surface area contributed by atoms with Crippen LogP contribution in [0.25, 0.3) is 10.8 Å². The van der Waals surface area contributed by atoms with Gasteiger partial charge in [-0.05, 0) is 59.9 Å². The van der Waals surface area contributed by atoms with Gasteiger partial charge in [0, 0.05) is 17.7 Å². The molecule has 1 heterocycles. The minimum atomic E-state index is -5.12. The number of hydrogen-bond donors (Lipinski definition) is 0. The van der Waals surface area contributed by atoms with E-state index >= 15 is 4.39 Å². The van der Waals surface area contributed by atoms with Gasteiger partial charge in [0.05, 0.1) is 13.2 Å². The van der Waals surface area contributed by atoms with Gasteiger partial charge in [-0.3, -0.25) is 0 Å². The van der Waals surface area contributed by atoms with E-state index in [4.69, 9.17) is 9.47 Å². The maximum absolute atomic E-state index is 15.2. The van der Waals surface area contributed by atoms with Crippen LogP contribution in [0, 0.1) is 23.4 Å². The molecule has 3 aromatic rings. The van der Waals surface area contributed by atoms with Crippen LogP contribution in [0.5, 0.6) is 0 Å². The molecule has 1 aliphatic rings. The lowest BCUT2D eigenvalue weighted by Gasteiger charge is -2.29. The summed E-state index contributed by atoms with van der Waals surface area (Å²) in [6, 6.07) is 10.2. The van der Waals surface area contributed by atoms with Gasteiger partial charge in [-0.2, -0.15) is 13.2 Å². The van der Waals surface area contributed by atoms with E-state index < -0.39 is 29.2 Å². The fourth-order valence-corrected chi connectivity index (χ4v) is 5.12. The molecule has 0 aromatic heterocycles. The number of aryl methyl sites for hydroxylation is 3. The molecule has 212 valence electrons. The molecule has 0 radical (unpaired) electrons. The van der Waals surface area contributed by atoms with Gasteiger partial charge < -0.3 is 9.47 Å². The number of unbranched alkanes of at least 4 members (excludes halogenated alkanes) is 3. The Kier molecular flexibility index (Phi) is 9.94. The van der Waals surface area contributed by atoms with Crippen molar-refractivity contribution in [2.45, 2.75) is 77.2 Å². The van der Waals surface area contributed by atoms with E-state index in [-0.39, 0.29) is 24.7 Å². The summed E-state index contributed by atoms with van der Waals surface area (Å²) < 4.78 is 93.1. The summed E-state index contributed by atoms with van der Waals surface area (Å²) in [6.45, 7) is 3.63. The highest BCUT2D eigenvalue weighted by Crippen LogP contribution is 2.34. The standard InChI is InChI=1S/C31H34F6O2/c1-2-3-4-5-6-22-18-38-28(39-19-22)14-9-20-8-13-25-24(15-20)12-11-23(30(25)34)10-7-21-16-26(32)29(27(33)17-21)31(35,36)37/h8,11-13,15-17,22,28H,2-7,9-10,14,18-19H2,1H3. The fraction of sp³-hybridized carbons (Fsp3) is 0.484. The second-order valence-electron chi connectivity index (χ2n) is 10.4. The van der Waals surface area contributed by atoms with Crippen LogP contribution in [0.15, 0.2) is 42.5 Å². The molecule has 4 rings (SSSR count). The first kappa shape index (κ1) is 29.4. The molecule has 0 amide bonds. The predicted molar refractivity (Wildman–Crippen MR) is 139 cm³/mol. The van der Waals surface area contributed by atoms with Crippen molar-refractivity contribution < 1.29 is 35.8 Å². The van der Waals surface area contributed by atoms with Gasteiger partial charge in [-0.15, -0.1) is 0 Å². The van der Waals surface area contributed by atoms with Gasteiger partial charge in [0.1, 0.15) is 23.0 Å². The molecule has 0 aliphatic carbocycles. The van der Waals surface area contributed by atoms with Crippen LogP contribution in [-0.2, 0) is 34.9 Å². The molecule has 0 unspecified atom stereocenters. The zero-order chi connectivity index (χ0) is 28.0. The quantitative estimate of drug-likeness (QED) is 0.175. The third-order valence-electron chi connectivity index (χ3n) is 7.34. The summed E-state index contributed by atoms with van der Waals surface area (Å²) in [4.78, 5) is 0. The fourth-order valence-electron chi connectivity index (χ4n) is 5.12. The smallest absolute Gasteiger partial charge is 0.352 e. The third kappa shape index (κ3) is 7.76.